The molecule has 0 saturated heterocycles. The van der Waals surface area contributed by atoms with E-state index in [1.807, 2.05) is 0 Å². The van der Waals surface area contributed by atoms with Crippen LogP contribution in [0.3, 0.4) is 0 Å². The van der Waals surface area contributed by atoms with Crippen molar-refractivity contribution in [2.24, 2.45) is 0 Å². The predicted octanol–water partition coefficient (Wildman–Crippen LogP) is 2.50. The van der Waals surface area contributed by atoms with Crippen molar-refractivity contribution in [2.45, 2.75) is 19.9 Å². The van der Waals surface area contributed by atoms with Crippen LogP contribution in [0.5, 0.6) is 0 Å². The first-order valence-corrected chi connectivity index (χ1v) is 6.22. The van der Waals surface area contributed by atoms with Crippen LogP contribution in [0.4, 0.5) is 11.4 Å². The Labute approximate surface area is 105 Å². The molecule has 0 saturated carbocycles. The summed E-state index contributed by atoms with van der Waals surface area (Å²) in [5.41, 5.74) is 2.48. The Balaban J connectivity index is 2.74. The Bertz CT molecular complexity index is 334. The van der Waals surface area contributed by atoms with Gasteiger partial charge >= 0.3 is 0 Å². The number of nitrogens with one attached hydrogen (secondary N) is 1. The molecule has 0 spiro atoms. The Morgan fingerprint density at radius 1 is 1.06 bits per heavy atom. The van der Waals surface area contributed by atoms with E-state index in [9.17, 15) is 0 Å². The molecule has 0 heterocycles. The van der Waals surface area contributed by atoms with Crippen molar-refractivity contribution < 1.29 is 0 Å². The highest BCUT2D eigenvalue weighted by Gasteiger charge is 2.07. The first kappa shape index (κ1) is 13.8. The van der Waals surface area contributed by atoms with Crippen molar-refractivity contribution in [3.8, 4) is 0 Å². The molecule has 1 aromatic carbocycles. The second-order valence-corrected chi connectivity index (χ2v) is 5.04. The summed E-state index contributed by atoms with van der Waals surface area (Å²) in [4.78, 5) is 4.50. The normalized spacial score (nSPS) is 11.0. The summed E-state index contributed by atoms with van der Waals surface area (Å²) in [6, 6.07) is 8.93. The van der Waals surface area contributed by atoms with E-state index < -0.39 is 0 Å². The van der Waals surface area contributed by atoms with Gasteiger partial charge in [-0.05, 0) is 40.1 Å². The van der Waals surface area contributed by atoms with Crippen molar-refractivity contribution in [1.82, 2.24) is 4.90 Å². The largest absolute Gasteiger partial charge is 0.381 e. The number of likely N-dealkylation sites (N-methyl/N-ethyl adjacent to an activating group) is 2. The van der Waals surface area contributed by atoms with Gasteiger partial charge in [0, 0.05) is 26.2 Å². The molecule has 0 atom stereocenters. The maximum absolute atomic E-state index is 3.49. The molecule has 0 amide bonds. The molecular weight excluding hydrogens is 210 g/mol. The molecule has 0 fully saturated rings. The van der Waals surface area contributed by atoms with E-state index >= 15 is 0 Å². The van der Waals surface area contributed by atoms with Gasteiger partial charge in [0.05, 0.1) is 11.4 Å². The minimum atomic E-state index is 0.457. The van der Waals surface area contributed by atoms with Crippen LogP contribution in [0.15, 0.2) is 24.3 Å². The van der Waals surface area contributed by atoms with Gasteiger partial charge in [-0.1, -0.05) is 12.1 Å². The fourth-order valence-electron chi connectivity index (χ4n) is 1.71. The minimum Gasteiger partial charge on any atom is -0.381 e. The lowest BCUT2D eigenvalue weighted by Gasteiger charge is -2.25. The van der Waals surface area contributed by atoms with Gasteiger partial charge in [-0.2, -0.15) is 0 Å². The highest BCUT2D eigenvalue weighted by Crippen LogP contribution is 2.24. The van der Waals surface area contributed by atoms with E-state index in [0.717, 1.165) is 13.1 Å². The van der Waals surface area contributed by atoms with Gasteiger partial charge in [-0.25, -0.2) is 0 Å². The van der Waals surface area contributed by atoms with Crippen LogP contribution in [-0.4, -0.2) is 45.2 Å². The second-order valence-electron chi connectivity index (χ2n) is 5.04. The molecule has 96 valence electrons. The molecule has 3 nitrogen and oxygen atoms in total. The van der Waals surface area contributed by atoms with Crippen LogP contribution in [0.1, 0.15) is 13.8 Å². The van der Waals surface area contributed by atoms with Gasteiger partial charge in [0.1, 0.15) is 0 Å². The van der Waals surface area contributed by atoms with Crippen LogP contribution < -0.4 is 10.2 Å². The molecule has 0 aromatic heterocycles. The zero-order valence-corrected chi connectivity index (χ0v) is 11.7. The van der Waals surface area contributed by atoms with Crippen LogP contribution in [-0.2, 0) is 0 Å². The highest BCUT2D eigenvalue weighted by atomic mass is 15.2. The third kappa shape index (κ3) is 4.65. The van der Waals surface area contributed by atoms with Gasteiger partial charge in [0.15, 0.2) is 0 Å². The fourth-order valence-corrected chi connectivity index (χ4v) is 1.71. The molecule has 1 aromatic rings. The quantitative estimate of drug-likeness (QED) is 0.817. The summed E-state index contributed by atoms with van der Waals surface area (Å²) < 4.78 is 0. The minimum absolute atomic E-state index is 0.457. The fraction of sp³-hybridized carbons (Fsp3) is 0.571. The molecule has 0 aliphatic heterocycles. The maximum Gasteiger partial charge on any atom is 0.0599 e. The number of hydrogen-bond donors (Lipinski definition) is 1. The molecule has 0 unspecified atom stereocenters. The Morgan fingerprint density at radius 3 is 2.29 bits per heavy atom. The molecule has 1 rings (SSSR count). The van der Waals surface area contributed by atoms with E-state index in [0.29, 0.717) is 6.04 Å². The van der Waals surface area contributed by atoms with Crippen molar-refractivity contribution in [2.75, 3.05) is 44.4 Å². The molecule has 1 N–H and O–H groups in total. The first-order valence-electron chi connectivity index (χ1n) is 6.22. The van der Waals surface area contributed by atoms with Gasteiger partial charge in [-0.15, -0.1) is 0 Å². The van der Waals surface area contributed by atoms with E-state index in [-0.39, 0.29) is 0 Å². The molecule has 0 aliphatic carbocycles. The summed E-state index contributed by atoms with van der Waals surface area (Å²) >= 11 is 0. The van der Waals surface area contributed by atoms with Crippen LogP contribution in [0, 0.1) is 0 Å². The lowest BCUT2D eigenvalue weighted by Crippen LogP contribution is -2.29. The number of benzene rings is 1. The van der Waals surface area contributed by atoms with Crippen LogP contribution >= 0.6 is 0 Å². The summed E-state index contributed by atoms with van der Waals surface area (Å²) in [5, 5.41) is 3.49. The average Bonchev–Trinajstić information content (AvgIpc) is 2.25. The third-order valence-corrected chi connectivity index (χ3v) is 2.64. The first-order chi connectivity index (χ1) is 8.00. The van der Waals surface area contributed by atoms with Crippen LogP contribution in [0.2, 0.25) is 0 Å². The van der Waals surface area contributed by atoms with E-state index in [2.05, 4.69) is 74.4 Å². The standard InChI is InChI=1S/C14H25N3/c1-12(2)15-13-8-6-7-9-14(13)17(5)11-10-16(3)4/h6-9,12,15H,10-11H2,1-5H3. The Hall–Kier alpha value is -1.22. The van der Waals surface area contributed by atoms with Crippen molar-refractivity contribution in [3.63, 3.8) is 0 Å². The lowest BCUT2D eigenvalue weighted by atomic mass is 10.2. The summed E-state index contributed by atoms with van der Waals surface area (Å²) in [5.74, 6) is 0. The van der Waals surface area contributed by atoms with Crippen molar-refractivity contribution >= 4 is 11.4 Å². The molecule has 0 radical (unpaired) electrons. The Morgan fingerprint density at radius 2 is 1.71 bits per heavy atom. The number of nitrogens with zero attached hydrogens (tertiary/aromatic N) is 2. The van der Waals surface area contributed by atoms with Gasteiger partial charge in [0.25, 0.3) is 0 Å². The van der Waals surface area contributed by atoms with Gasteiger partial charge in [0.2, 0.25) is 0 Å². The van der Waals surface area contributed by atoms with Gasteiger partial charge in [-0.3, -0.25) is 0 Å². The summed E-state index contributed by atoms with van der Waals surface area (Å²) in [6.45, 7) is 6.42. The number of hydrogen-bond acceptors (Lipinski definition) is 3. The molecule has 0 aliphatic rings. The summed E-state index contributed by atoms with van der Waals surface area (Å²) in [7, 11) is 6.35. The second kappa shape index (κ2) is 6.50. The number of para-hydroxylation sites is 2. The third-order valence-electron chi connectivity index (χ3n) is 2.64. The van der Waals surface area contributed by atoms with E-state index in [1.165, 1.54) is 11.4 Å². The topological polar surface area (TPSA) is 18.5 Å². The highest BCUT2D eigenvalue weighted by molar-refractivity contribution is 5.69. The van der Waals surface area contributed by atoms with E-state index in [4.69, 9.17) is 0 Å². The van der Waals surface area contributed by atoms with Gasteiger partial charge < -0.3 is 15.1 Å². The SMILES string of the molecule is CC(C)Nc1ccccc1N(C)CCN(C)C. The average molecular weight is 235 g/mol. The molecule has 0 bridgehead atoms. The smallest absolute Gasteiger partial charge is 0.0599 e. The number of rotatable bonds is 6. The number of anilines is 2. The van der Waals surface area contributed by atoms with Crippen molar-refractivity contribution in [1.29, 1.82) is 0 Å². The monoisotopic (exact) mass is 235 g/mol. The van der Waals surface area contributed by atoms with Crippen LogP contribution in [0.25, 0.3) is 0 Å². The maximum atomic E-state index is 3.49. The van der Waals surface area contributed by atoms with Crippen molar-refractivity contribution in [3.05, 3.63) is 24.3 Å². The summed E-state index contributed by atoms with van der Waals surface area (Å²) in [6.07, 6.45) is 0. The zero-order valence-electron chi connectivity index (χ0n) is 11.7. The predicted molar refractivity (Wildman–Crippen MR) is 77.0 cm³/mol. The molecular formula is C14H25N3. The lowest BCUT2D eigenvalue weighted by molar-refractivity contribution is 0.416. The molecule has 3 heteroatoms. The zero-order chi connectivity index (χ0) is 12.8. The van der Waals surface area contributed by atoms with E-state index in [1.54, 1.807) is 0 Å². The molecule has 17 heavy (non-hydrogen) atoms. The Kier molecular flexibility index (Phi) is 5.29.